The van der Waals surface area contributed by atoms with Crippen LogP contribution in [0.5, 0.6) is 0 Å². The summed E-state index contributed by atoms with van der Waals surface area (Å²) in [6.45, 7) is 0. The molecule has 0 aliphatic heterocycles. The van der Waals surface area contributed by atoms with Gasteiger partial charge in [-0.15, -0.1) is 0 Å². The first-order chi connectivity index (χ1) is 8.65. The van der Waals surface area contributed by atoms with Crippen LogP contribution in [0.3, 0.4) is 0 Å². The minimum atomic E-state index is -0.909. The van der Waals surface area contributed by atoms with Crippen molar-refractivity contribution in [3.8, 4) is 0 Å². The summed E-state index contributed by atoms with van der Waals surface area (Å²) < 4.78 is 4.81. The molecule has 0 radical (unpaired) electrons. The minimum Gasteiger partial charge on any atom is -0.481 e. The molecule has 2 N–H and O–H groups in total. The number of hydrogen-bond acceptors (Lipinski definition) is 3. The number of rotatable bonds is 4. The van der Waals surface area contributed by atoms with E-state index in [1.165, 1.54) is 12.5 Å². The van der Waals surface area contributed by atoms with Crippen LogP contribution in [0.15, 0.2) is 47.3 Å². The Morgan fingerprint density at radius 1 is 1.28 bits per heavy atom. The second kappa shape index (κ2) is 5.18. The van der Waals surface area contributed by atoms with Crippen molar-refractivity contribution in [2.75, 3.05) is 5.32 Å². The van der Waals surface area contributed by atoms with Gasteiger partial charge in [0.1, 0.15) is 6.26 Å². The lowest BCUT2D eigenvalue weighted by molar-refractivity contribution is -0.136. The normalized spacial score (nSPS) is 10.0. The Morgan fingerprint density at radius 3 is 2.78 bits per heavy atom. The summed E-state index contributed by atoms with van der Waals surface area (Å²) in [5.74, 6) is -1.20. The van der Waals surface area contributed by atoms with Crippen LogP contribution in [0.1, 0.15) is 15.9 Å². The molecule has 2 rings (SSSR count). The molecule has 0 aliphatic rings. The number of benzene rings is 1. The molecule has 2 aromatic rings. The third-order valence-electron chi connectivity index (χ3n) is 2.32. The second-order valence-corrected chi connectivity index (χ2v) is 3.74. The summed E-state index contributed by atoms with van der Waals surface area (Å²) in [5.41, 5.74) is 1.60. The third kappa shape index (κ3) is 2.98. The van der Waals surface area contributed by atoms with E-state index in [-0.39, 0.29) is 12.3 Å². The molecule has 0 aliphatic carbocycles. The maximum absolute atomic E-state index is 11.7. The van der Waals surface area contributed by atoms with Crippen molar-refractivity contribution in [2.45, 2.75) is 6.42 Å². The van der Waals surface area contributed by atoms with Gasteiger partial charge in [0, 0.05) is 5.69 Å². The van der Waals surface area contributed by atoms with Gasteiger partial charge in [-0.2, -0.15) is 0 Å². The van der Waals surface area contributed by atoms with Crippen LogP contribution in [0.25, 0.3) is 0 Å². The molecule has 1 aromatic carbocycles. The lowest BCUT2D eigenvalue weighted by atomic mass is 10.1. The molecular formula is C13H11NO4. The Kier molecular flexibility index (Phi) is 3.43. The second-order valence-electron chi connectivity index (χ2n) is 3.74. The molecule has 1 aromatic heterocycles. The Hall–Kier alpha value is -2.56. The summed E-state index contributed by atoms with van der Waals surface area (Å²) in [5, 5.41) is 11.4. The molecule has 5 nitrogen and oxygen atoms in total. The number of furan rings is 1. The fourth-order valence-electron chi connectivity index (χ4n) is 1.53. The third-order valence-corrected chi connectivity index (χ3v) is 2.32. The van der Waals surface area contributed by atoms with Crippen LogP contribution in [0.4, 0.5) is 5.69 Å². The molecule has 0 bridgehead atoms. The summed E-state index contributed by atoms with van der Waals surface area (Å²) in [7, 11) is 0. The number of carboxylic acids is 1. The van der Waals surface area contributed by atoms with Crippen molar-refractivity contribution in [3.63, 3.8) is 0 Å². The molecule has 5 heteroatoms. The number of anilines is 1. The SMILES string of the molecule is O=C(O)Cc1cccc(NC(=O)c2ccoc2)c1. The van der Waals surface area contributed by atoms with E-state index in [1.807, 2.05) is 0 Å². The zero-order valence-electron chi connectivity index (χ0n) is 9.42. The maximum Gasteiger partial charge on any atom is 0.307 e. The molecule has 0 saturated carbocycles. The first-order valence-electron chi connectivity index (χ1n) is 5.29. The monoisotopic (exact) mass is 245 g/mol. The minimum absolute atomic E-state index is 0.0740. The highest BCUT2D eigenvalue weighted by atomic mass is 16.4. The van der Waals surface area contributed by atoms with Crippen LogP contribution in [-0.4, -0.2) is 17.0 Å². The molecule has 1 heterocycles. The van der Waals surface area contributed by atoms with Gasteiger partial charge in [0.15, 0.2) is 0 Å². The number of hydrogen-bond donors (Lipinski definition) is 2. The van der Waals surface area contributed by atoms with E-state index < -0.39 is 5.97 Å². The van der Waals surface area contributed by atoms with Gasteiger partial charge in [-0.3, -0.25) is 9.59 Å². The van der Waals surface area contributed by atoms with E-state index in [4.69, 9.17) is 9.52 Å². The Bertz CT molecular complexity index is 560. The van der Waals surface area contributed by atoms with E-state index >= 15 is 0 Å². The van der Waals surface area contributed by atoms with E-state index in [0.29, 0.717) is 16.8 Å². The molecule has 92 valence electrons. The highest BCUT2D eigenvalue weighted by Gasteiger charge is 2.08. The maximum atomic E-state index is 11.7. The molecule has 0 unspecified atom stereocenters. The molecular weight excluding hydrogens is 234 g/mol. The standard InChI is InChI=1S/C13H11NO4/c15-12(16)7-9-2-1-3-11(6-9)14-13(17)10-4-5-18-8-10/h1-6,8H,7H2,(H,14,17)(H,15,16). The highest BCUT2D eigenvalue weighted by Crippen LogP contribution is 2.13. The fraction of sp³-hybridized carbons (Fsp3) is 0.0769. The zero-order valence-corrected chi connectivity index (χ0v) is 9.42. The predicted molar refractivity (Wildman–Crippen MR) is 64.4 cm³/mol. The number of carbonyl (C=O) groups is 2. The van der Waals surface area contributed by atoms with E-state index in [1.54, 1.807) is 30.3 Å². The van der Waals surface area contributed by atoms with Crippen LogP contribution in [-0.2, 0) is 11.2 Å². The first-order valence-corrected chi connectivity index (χ1v) is 5.29. The van der Waals surface area contributed by atoms with Crippen molar-refractivity contribution >= 4 is 17.6 Å². The van der Waals surface area contributed by atoms with Gasteiger partial charge >= 0.3 is 5.97 Å². The topological polar surface area (TPSA) is 79.5 Å². The lowest BCUT2D eigenvalue weighted by Crippen LogP contribution is -2.11. The van der Waals surface area contributed by atoms with E-state index in [2.05, 4.69) is 5.32 Å². The predicted octanol–water partition coefficient (Wildman–Crippen LogP) is 2.16. The van der Waals surface area contributed by atoms with Gasteiger partial charge in [-0.1, -0.05) is 12.1 Å². The lowest BCUT2D eigenvalue weighted by Gasteiger charge is -2.05. The van der Waals surface area contributed by atoms with Crippen molar-refractivity contribution in [2.24, 2.45) is 0 Å². The summed E-state index contributed by atoms with van der Waals surface area (Å²) in [4.78, 5) is 22.3. The summed E-state index contributed by atoms with van der Waals surface area (Å²) in [6.07, 6.45) is 2.68. The number of nitrogens with one attached hydrogen (secondary N) is 1. The highest BCUT2D eigenvalue weighted by molar-refractivity contribution is 6.04. The summed E-state index contributed by atoms with van der Waals surface area (Å²) >= 11 is 0. The van der Waals surface area contributed by atoms with Gasteiger partial charge in [0.25, 0.3) is 5.91 Å². The Labute approximate surface area is 103 Å². The average molecular weight is 245 g/mol. The molecule has 0 fully saturated rings. The van der Waals surface area contributed by atoms with Crippen LogP contribution in [0, 0.1) is 0 Å². The van der Waals surface area contributed by atoms with Gasteiger partial charge in [-0.25, -0.2) is 0 Å². The molecule has 1 amide bonds. The Morgan fingerprint density at radius 2 is 2.11 bits per heavy atom. The van der Waals surface area contributed by atoms with E-state index in [0.717, 1.165) is 0 Å². The van der Waals surface area contributed by atoms with Crippen molar-refractivity contribution < 1.29 is 19.1 Å². The zero-order chi connectivity index (χ0) is 13.0. The largest absolute Gasteiger partial charge is 0.481 e. The number of carbonyl (C=O) groups excluding carboxylic acids is 1. The molecule has 0 atom stereocenters. The fourth-order valence-corrected chi connectivity index (χ4v) is 1.53. The van der Waals surface area contributed by atoms with Gasteiger partial charge in [-0.05, 0) is 23.8 Å². The van der Waals surface area contributed by atoms with Crippen LogP contribution in [0.2, 0.25) is 0 Å². The average Bonchev–Trinajstić information content (AvgIpc) is 2.81. The molecule has 0 spiro atoms. The summed E-state index contributed by atoms with van der Waals surface area (Å²) in [6, 6.07) is 8.27. The van der Waals surface area contributed by atoms with E-state index in [9.17, 15) is 9.59 Å². The number of amides is 1. The number of carboxylic acid groups (broad SMARTS) is 1. The van der Waals surface area contributed by atoms with Gasteiger partial charge < -0.3 is 14.8 Å². The molecule has 0 saturated heterocycles. The van der Waals surface area contributed by atoms with Gasteiger partial charge in [0.2, 0.25) is 0 Å². The molecule has 18 heavy (non-hydrogen) atoms. The van der Waals surface area contributed by atoms with Gasteiger partial charge in [0.05, 0.1) is 18.2 Å². The smallest absolute Gasteiger partial charge is 0.307 e. The van der Waals surface area contributed by atoms with Crippen LogP contribution < -0.4 is 5.32 Å². The number of aliphatic carboxylic acids is 1. The first kappa shape index (κ1) is 11.9. The Balaban J connectivity index is 2.10. The van der Waals surface area contributed by atoms with Crippen molar-refractivity contribution in [3.05, 3.63) is 54.0 Å². The van der Waals surface area contributed by atoms with Crippen LogP contribution >= 0.6 is 0 Å². The quantitative estimate of drug-likeness (QED) is 0.865. The van der Waals surface area contributed by atoms with Crippen molar-refractivity contribution in [1.82, 2.24) is 0 Å². The van der Waals surface area contributed by atoms with Crippen molar-refractivity contribution in [1.29, 1.82) is 0 Å².